The van der Waals surface area contributed by atoms with E-state index in [9.17, 15) is 4.79 Å². The zero-order valence-corrected chi connectivity index (χ0v) is 8.82. The Hall–Kier alpha value is -1.57. The number of hydrogen-bond donors (Lipinski definition) is 0. The molecule has 0 atom stereocenters. The summed E-state index contributed by atoms with van der Waals surface area (Å²) in [6, 6.07) is 9.30. The lowest BCUT2D eigenvalue weighted by Gasteiger charge is -2.07. The van der Waals surface area contributed by atoms with Gasteiger partial charge in [0.2, 0.25) is 0 Å². The first kappa shape index (κ1) is 10.5. The minimum Gasteiger partial charge on any atom is -0.383 e. The molecule has 0 spiro atoms. The largest absolute Gasteiger partial charge is 0.383 e. The second kappa shape index (κ2) is 4.61. The molecule has 0 aliphatic rings. The van der Waals surface area contributed by atoms with E-state index in [1.165, 1.54) is 0 Å². The van der Waals surface area contributed by atoms with Crippen molar-refractivity contribution in [1.29, 1.82) is 0 Å². The lowest BCUT2D eigenvalue weighted by atomic mass is 10.1. The number of hydrogen-bond acceptors (Lipinski definition) is 2. The quantitative estimate of drug-likeness (QED) is 0.537. The number of ketones is 1. The summed E-state index contributed by atoms with van der Waals surface area (Å²) in [5.41, 5.74) is 1.49. The van der Waals surface area contributed by atoms with Crippen molar-refractivity contribution in [2.45, 2.75) is 6.92 Å². The van der Waals surface area contributed by atoms with Gasteiger partial charge in [0.05, 0.1) is 0 Å². The fourth-order valence-electron chi connectivity index (χ4n) is 1.26. The average Bonchev–Trinajstić information content (AvgIpc) is 2.17. The first-order valence-electron chi connectivity index (χ1n) is 4.56. The second-order valence-electron chi connectivity index (χ2n) is 3.47. The normalized spacial score (nSPS) is 11.2. The second-order valence-corrected chi connectivity index (χ2v) is 3.47. The van der Waals surface area contributed by atoms with Gasteiger partial charge in [-0.05, 0) is 6.92 Å². The molecule has 2 nitrogen and oxygen atoms in total. The third-order valence-electron chi connectivity index (χ3n) is 1.85. The van der Waals surface area contributed by atoms with E-state index in [0.717, 1.165) is 11.1 Å². The Morgan fingerprint density at radius 1 is 1.21 bits per heavy atom. The Balaban J connectivity index is 2.87. The highest BCUT2D eigenvalue weighted by molar-refractivity contribution is 6.08. The Labute approximate surface area is 84.9 Å². The van der Waals surface area contributed by atoms with Gasteiger partial charge in [-0.25, -0.2) is 0 Å². The van der Waals surface area contributed by atoms with Crippen molar-refractivity contribution in [2.75, 3.05) is 14.1 Å². The van der Waals surface area contributed by atoms with Gasteiger partial charge in [0.1, 0.15) is 0 Å². The van der Waals surface area contributed by atoms with Crippen LogP contribution in [0.15, 0.2) is 42.1 Å². The van der Waals surface area contributed by atoms with Crippen LogP contribution in [0.3, 0.4) is 0 Å². The highest BCUT2D eigenvalue weighted by Crippen LogP contribution is 2.07. The van der Waals surface area contributed by atoms with Crippen molar-refractivity contribution in [1.82, 2.24) is 4.90 Å². The lowest BCUT2D eigenvalue weighted by molar-refractivity contribution is 0.103. The van der Waals surface area contributed by atoms with Crippen LogP contribution in [0.1, 0.15) is 17.3 Å². The first-order chi connectivity index (χ1) is 6.61. The van der Waals surface area contributed by atoms with E-state index in [4.69, 9.17) is 0 Å². The topological polar surface area (TPSA) is 20.3 Å². The van der Waals surface area contributed by atoms with Crippen LogP contribution in [0.2, 0.25) is 0 Å². The molecular weight excluding hydrogens is 174 g/mol. The van der Waals surface area contributed by atoms with E-state index in [1.54, 1.807) is 0 Å². The van der Waals surface area contributed by atoms with Gasteiger partial charge in [-0.1, -0.05) is 30.3 Å². The van der Waals surface area contributed by atoms with Crippen LogP contribution >= 0.6 is 0 Å². The Morgan fingerprint density at radius 3 is 2.29 bits per heavy atom. The maximum Gasteiger partial charge on any atom is 0.190 e. The van der Waals surface area contributed by atoms with Crippen LogP contribution in [-0.2, 0) is 0 Å². The van der Waals surface area contributed by atoms with E-state index < -0.39 is 0 Å². The standard InChI is InChI=1S/C12H15NO/c1-10(9-13(2)3)12(14)11-7-5-4-6-8-11/h4-9H,1-3H3/b10-9-. The number of nitrogens with zero attached hydrogens (tertiary/aromatic N) is 1. The number of allylic oxidation sites excluding steroid dienone is 1. The number of carbonyl (C=O) groups excluding carboxylic acids is 1. The molecule has 1 rings (SSSR count). The molecule has 0 unspecified atom stereocenters. The van der Waals surface area contributed by atoms with Crippen molar-refractivity contribution in [3.05, 3.63) is 47.7 Å². The molecule has 0 aliphatic carbocycles. The van der Waals surface area contributed by atoms with E-state index in [-0.39, 0.29) is 5.78 Å². The lowest BCUT2D eigenvalue weighted by Crippen LogP contribution is -2.07. The van der Waals surface area contributed by atoms with Crippen molar-refractivity contribution in [2.24, 2.45) is 0 Å². The number of carbonyl (C=O) groups is 1. The maximum absolute atomic E-state index is 11.8. The third-order valence-corrected chi connectivity index (χ3v) is 1.85. The predicted molar refractivity (Wildman–Crippen MR) is 58.2 cm³/mol. The van der Waals surface area contributed by atoms with Crippen molar-refractivity contribution in [3.63, 3.8) is 0 Å². The highest BCUT2D eigenvalue weighted by Gasteiger charge is 2.06. The summed E-state index contributed by atoms with van der Waals surface area (Å²) in [5.74, 6) is 0.0827. The number of rotatable bonds is 3. The maximum atomic E-state index is 11.8. The Bertz CT molecular complexity index is 339. The van der Waals surface area contributed by atoms with Crippen molar-refractivity contribution >= 4 is 5.78 Å². The van der Waals surface area contributed by atoms with Gasteiger partial charge in [0.15, 0.2) is 5.78 Å². The third kappa shape index (κ3) is 2.73. The van der Waals surface area contributed by atoms with Crippen molar-refractivity contribution < 1.29 is 4.79 Å². The van der Waals surface area contributed by atoms with Gasteiger partial charge in [-0.3, -0.25) is 4.79 Å². The molecule has 1 aromatic carbocycles. The Kier molecular flexibility index (Phi) is 3.46. The summed E-state index contributed by atoms with van der Waals surface area (Å²) in [6.45, 7) is 1.83. The van der Waals surface area contributed by atoms with E-state index in [0.29, 0.717) is 0 Å². The highest BCUT2D eigenvalue weighted by atomic mass is 16.1. The molecule has 0 amide bonds. The van der Waals surface area contributed by atoms with Gasteiger partial charge >= 0.3 is 0 Å². The molecule has 0 saturated carbocycles. The molecule has 0 radical (unpaired) electrons. The monoisotopic (exact) mass is 189 g/mol. The molecule has 1 aromatic rings. The molecule has 0 N–H and O–H groups in total. The predicted octanol–water partition coefficient (Wildman–Crippen LogP) is 2.33. The van der Waals surface area contributed by atoms with Crippen LogP contribution in [0.25, 0.3) is 0 Å². The molecule has 0 aliphatic heterocycles. The smallest absolute Gasteiger partial charge is 0.190 e. The van der Waals surface area contributed by atoms with Crippen LogP contribution in [0.4, 0.5) is 0 Å². The molecule has 74 valence electrons. The summed E-state index contributed by atoms with van der Waals surface area (Å²) in [5, 5.41) is 0. The summed E-state index contributed by atoms with van der Waals surface area (Å²) in [6.07, 6.45) is 1.83. The first-order valence-corrected chi connectivity index (χ1v) is 4.56. The molecule has 0 heterocycles. The van der Waals surface area contributed by atoms with Crippen molar-refractivity contribution in [3.8, 4) is 0 Å². The van der Waals surface area contributed by atoms with Crippen LogP contribution in [-0.4, -0.2) is 24.8 Å². The van der Waals surface area contributed by atoms with Gasteiger partial charge in [0, 0.05) is 31.4 Å². The number of benzene rings is 1. The SMILES string of the molecule is C/C(=C/N(C)C)C(=O)c1ccccc1. The zero-order chi connectivity index (χ0) is 10.6. The van der Waals surface area contributed by atoms with Gasteiger partial charge in [-0.2, -0.15) is 0 Å². The summed E-state index contributed by atoms with van der Waals surface area (Å²) >= 11 is 0. The van der Waals surface area contributed by atoms with Gasteiger partial charge < -0.3 is 4.90 Å². The van der Waals surface area contributed by atoms with Crippen LogP contribution < -0.4 is 0 Å². The average molecular weight is 189 g/mol. The minimum atomic E-state index is 0.0827. The molecule has 14 heavy (non-hydrogen) atoms. The summed E-state index contributed by atoms with van der Waals surface area (Å²) in [4.78, 5) is 13.7. The summed E-state index contributed by atoms with van der Waals surface area (Å²) < 4.78 is 0. The van der Waals surface area contributed by atoms with E-state index in [1.807, 2.05) is 62.5 Å². The van der Waals surface area contributed by atoms with E-state index >= 15 is 0 Å². The molecule has 0 aromatic heterocycles. The molecule has 2 heteroatoms. The van der Waals surface area contributed by atoms with Crippen LogP contribution in [0, 0.1) is 0 Å². The van der Waals surface area contributed by atoms with E-state index in [2.05, 4.69) is 0 Å². The minimum absolute atomic E-state index is 0.0827. The van der Waals surface area contributed by atoms with Crippen LogP contribution in [0.5, 0.6) is 0 Å². The molecule has 0 bridgehead atoms. The molecule has 0 fully saturated rings. The molecule has 0 saturated heterocycles. The van der Waals surface area contributed by atoms with Gasteiger partial charge in [-0.15, -0.1) is 0 Å². The number of Topliss-reactive ketones (excluding diaryl/α,β-unsaturated/α-hetero) is 1. The zero-order valence-electron chi connectivity index (χ0n) is 8.82. The fourth-order valence-corrected chi connectivity index (χ4v) is 1.26. The fraction of sp³-hybridized carbons (Fsp3) is 0.250. The molecular formula is C12H15NO. The summed E-state index contributed by atoms with van der Waals surface area (Å²) in [7, 11) is 3.81. The Morgan fingerprint density at radius 2 is 1.79 bits per heavy atom. The van der Waals surface area contributed by atoms with Gasteiger partial charge in [0.25, 0.3) is 0 Å².